The van der Waals surface area contributed by atoms with Crippen LogP contribution in [0.4, 0.5) is 5.82 Å². The summed E-state index contributed by atoms with van der Waals surface area (Å²) in [6.07, 6.45) is 2.82. The van der Waals surface area contributed by atoms with E-state index in [1.165, 1.54) is 6.07 Å². The van der Waals surface area contributed by atoms with Gasteiger partial charge in [0.15, 0.2) is 9.84 Å². The third kappa shape index (κ3) is 5.64. The summed E-state index contributed by atoms with van der Waals surface area (Å²) in [5.74, 6) is 0.284. The van der Waals surface area contributed by atoms with Gasteiger partial charge in [0.05, 0.1) is 34.0 Å². The second-order valence-corrected chi connectivity index (χ2v) is 12.1. The first-order valence-electron chi connectivity index (χ1n) is 12.9. The molecule has 3 aromatic heterocycles. The lowest BCUT2D eigenvalue weighted by Crippen LogP contribution is -2.58. The standard InChI is InChI=1S/C29H30N6O4S/c1-17-8-9-20(12-26(17)40(4,38)39)29(37)31-15-22-13-25-21(14-30-22)10-11-24(33-25)23-6-5-7-27(34-23)35-16-18(2)32-28(36)19(35)3/h5-14,18-19H,15-16H2,1-4H3,(H,31,37)(H,32,36)/t18-,19-/m1/s1. The van der Waals surface area contributed by atoms with Crippen LogP contribution in [0.2, 0.25) is 0 Å². The van der Waals surface area contributed by atoms with E-state index in [0.29, 0.717) is 40.5 Å². The molecule has 1 fully saturated rings. The number of benzene rings is 1. The van der Waals surface area contributed by atoms with Crippen LogP contribution in [-0.4, -0.2) is 60.1 Å². The molecule has 2 amide bonds. The van der Waals surface area contributed by atoms with Crippen LogP contribution in [0.5, 0.6) is 0 Å². The number of aromatic nitrogens is 3. The maximum absolute atomic E-state index is 12.8. The topological polar surface area (TPSA) is 134 Å². The summed E-state index contributed by atoms with van der Waals surface area (Å²) in [5, 5.41) is 6.60. The van der Waals surface area contributed by atoms with Gasteiger partial charge in [-0.2, -0.15) is 0 Å². The molecule has 0 radical (unpaired) electrons. The summed E-state index contributed by atoms with van der Waals surface area (Å²) in [7, 11) is -3.45. The number of pyridine rings is 3. The van der Waals surface area contributed by atoms with Gasteiger partial charge in [0.25, 0.3) is 5.91 Å². The normalized spacial score (nSPS) is 17.5. The summed E-state index contributed by atoms with van der Waals surface area (Å²) in [6.45, 7) is 6.32. The van der Waals surface area contributed by atoms with Crippen molar-refractivity contribution in [2.75, 3.05) is 17.7 Å². The van der Waals surface area contributed by atoms with Crippen molar-refractivity contribution in [3.63, 3.8) is 0 Å². The van der Waals surface area contributed by atoms with Gasteiger partial charge >= 0.3 is 0 Å². The first kappa shape index (κ1) is 27.2. The number of nitrogens with one attached hydrogen (secondary N) is 2. The Morgan fingerprint density at radius 3 is 2.62 bits per heavy atom. The Balaban J connectivity index is 1.36. The highest BCUT2D eigenvalue weighted by Gasteiger charge is 2.30. The Morgan fingerprint density at radius 2 is 1.85 bits per heavy atom. The van der Waals surface area contributed by atoms with Gasteiger partial charge in [0.1, 0.15) is 11.9 Å². The van der Waals surface area contributed by atoms with Crippen LogP contribution >= 0.6 is 0 Å². The molecule has 1 aliphatic rings. The molecule has 206 valence electrons. The molecule has 4 heterocycles. The number of carbonyl (C=O) groups excluding carboxylic acids is 2. The van der Waals surface area contributed by atoms with Crippen LogP contribution in [0.1, 0.15) is 35.5 Å². The molecule has 1 aliphatic heterocycles. The van der Waals surface area contributed by atoms with Crippen molar-refractivity contribution in [2.45, 2.75) is 44.3 Å². The molecule has 0 saturated carbocycles. The van der Waals surface area contributed by atoms with Gasteiger partial charge in [-0.15, -0.1) is 0 Å². The van der Waals surface area contributed by atoms with Crippen molar-refractivity contribution in [1.29, 1.82) is 0 Å². The number of anilines is 1. The fourth-order valence-electron chi connectivity index (χ4n) is 4.73. The lowest BCUT2D eigenvalue weighted by molar-refractivity contribution is -0.123. The number of piperazine rings is 1. The highest BCUT2D eigenvalue weighted by molar-refractivity contribution is 7.90. The minimum absolute atomic E-state index is 0.0205. The lowest BCUT2D eigenvalue weighted by Gasteiger charge is -2.37. The fourth-order valence-corrected chi connectivity index (χ4v) is 5.73. The number of rotatable bonds is 6. The molecule has 4 aromatic rings. The van der Waals surface area contributed by atoms with Crippen molar-refractivity contribution in [3.8, 4) is 11.4 Å². The Morgan fingerprint density at radius 1 is 1.07 bits per heavy atom. The first-order chi connectivity index (χ1) is 19.0. The molecule has 1 saturated heterocycles. The number of hydrogen-bond acceptors (Lipinski definition) is 8. The van der Waals surface area contributed by atoms with Gasteiger partial charge in [-0.25, -0.2) is 18.4 Å². The summed E-state index contributed by atoms with van der Waals surface area (Å²) in [4.78, 5) is 41.2. The molecule has 0 bridgehead atoms. The lowest BCUT2D eigenvalue weighted by atomic mass is 10.1. The van der Waals surface area contributed by atoms with E-state index in [2.05, 4.69) is 15.6 Å². The monoisotopic (exact) mass is 558 g/mol. The average Bonchev–Trinajstić information content (AvgIpc) is 2.93. The molecule has 5 rings (SSSR count). The molecule has 1 aromatic carbocycles. The van der Waals surface area contributed by atoms with Gasteiger partial charge in [-0.05, 0) is 68.8 Å². The smallest absolute Gasteiger partial charge is 0.251 e. The number of aryl methyl sites for hydroxylation is 1. The number of fused-ring (bicyclic) bond motifs is 1. The molecular weight excluding hydrogens is 528 g/mol. The van der Waals surface area contributed by atoms with Crippen LogP contribution in [0.3, 0.4) is 0 Å². The second-order valence-electron chi connectivity index (χ2n) is 10.1. The van der Waals surface area contributed by atoms with E-state index in [0.717, 1.165) is 11.6 Å². The molecule has 40 heavy (non-hydrogen) atoms. The van der Waals surface area contributed by atoms with Crippen molar-refractivity contribution >= 4 is 38.4 Å². The summed E-state index contributed by atoms with van der Waals surface area (Å²) >= 11 is 0. The molecule has 10 nitrogen and oxygen atoms in total. The Bertz CT molecular complexity index is 1740. The largest absolute Gasteiger partial charge is 0.350 e. The van der Waals surface area contributed by atoms with Crippen molar-refractivity contribution in [1.82, 2.24) is 25.6 Å². The van der Waals surface area contributed by atoms with Crippen molar-refractivity contribution in [2.24, 2.45) is 0 Å². The molecule has 2 N–H and O–H groups in total. The molecule has 0 unspecified atom stereocenters. The quantitative estimate of drug-likeness (QED) is 0.369. The zero-order valence-electron chi connectivity index (χ0n) is 22.7. The summed E-state index contributed by atoms with van der Waals surface area (Å²) in [6, 6.07) is 15.6. The predicted molar refractivity (Wildman–Crippen MR) is 153 cm³/mol. The average molecular weight is 559 g/mol. The van der Waals surface area contributed by atoms with Gasteiger partial charge in [-0.3, -0.25) is 14.6 Å². The highest BCUT2D eigenvalue weighted by atomic mass is 32.2. The van der Waals surface area contributed by atoms with Gasteiger partial charge in [0, 0.05) is 36.0 Å². The van der Waals surface area contributed by atoms with Crippen LogP contribution in [0, 0.1) is 6.92 Å². The zero-order chi connectivity index (χ0) is 28.6. The number of hydrogen-bond donors (Lipinski definition) is 2. The van der Waals surface area contributed by atoms with E-state index in [-0.39, 0.29) is 35.0 Å². The van der Waals surface area contributed by atoms with Gasteiger partial charge in [0.2, 0.25) is 5.91 Å². The van der Waals surface area contributed by atoms with Crippen LogP contribution in [0.25, 0.3) is 22.3 Å². The second kappa shape index (κ2) is 10.6. The molecular formula is C29H30N6O4S. The highest BCUT2D eigenvalue weighted by Crippen LogP contribution is 2.24. The maximum atomic E-state index is 12.8. The van der Waals surface area contributed by atoms with Crippen LogP contribution < -0.4 is 15.5 Å². The van der Waals surface area contributed by atoms with Crippen molar-refractivity contribution in [3.05, 3.63) is 77.6 Å². The van der Waals surface area contributed by atoms with E-state index in [1.54, 1.807) is 31.3 Å². The predicted octanol–water partition coefficient (Wildman–Crippen LogP) is 3.05. The van der Waals surface area contributed by atoms with E-state index >= 15 is 0 Å². The maximum Gasteiger partial charge on any atom is 0.251 e. The van der Waals surface area contributed by atoms with Gasteiger partial charge < -0.3 is 15.5 Å². The Kier molecular flexibility index (Phi) is 7.24. The molecule has 0 spiro atoms. The van der Waals surface area contributed by atoms with Gasteiger partial charge in [-0.1, -0.05) is 12.1 Å². The summed E-state index contributed by atoms with van der Waals surface area (Å²) in [5.41, 5.74) is 3.49. The summed E-state index contributed by atoms with van der Waals surface area (Å²) < 4.78 is 24.1. The Labute approximate surface area is 232 Å². The fraction of sp³-hybridized carbons (Fsp3) is 0.276. The SMILES string of the molecule is Cc1ccc(C(=O)NCc2cc3nc(-c4cccc(N5C[C@@H](C)NC(=O)[C@H]5C)n4)ccc3cn2)cc1S(C)(=O)=O. The van der Waals surface area contributed by atoms with E-state index in [9.17, 15) is 18.0 Å². The van der Waals surface area contributed by atoms with Crippen LogP contribution in [0.15, 0.2) is 65.7 Å². The minimum Gasteiger partial charge on any atom is -0.350 e. The minimum atomic E-state index is -3.45. The number of sulfone groups is 1. The molecule has 2 atom stereocenters. The third-order valence-corrected chi connectivity index (χ3v) is 8.15. The van der Waals surface area contributed by atoms with E-state index < -0.39 is 15.7 Å². The Hall–Kier alpha value is -4.38. The van der Waals surface area contributed by atoms with E-state index in [4.69, 9.17) is 9.97 Å². The van der Waals surface area contributed by atoms with E-state index in [1.807, 2.05) is 49.1 Å². The van der Waals surface area contributed by atoms with Crippen LogP contribution in [-0.2, 0) is 21.2 Å². The first-order valence-corrected chi connectivity index (χ1v) is 14.8. The van der Waals surface area contributed by atoms with Crippen molar-refractivity contribution < 1.29 is 18.0 Å². The molecule has 11 heteroatoms. The number of carbonyl (C=O) groups is 2. The third-order valence-electron chi connectivity index (χ3n) is 6.91. The molecule has 0 aliphatic carbocycles. The number of amides is 2. The number of nitrogens with zero attached hydrogens (tertiary/aromatic N) is 4. The zero-order valence-corrected chi connectivity index (χ0v) is 23.5.